The molecule has 0 aliphatic carbocycles. The first kappa shape index (κ1) is 19.9. The Labute approximate surface area is 169 Å². The van der Waals surface area contributed by atoms with E-state index in [0.717, 1.165) is 28.7 Å². The number of ether oxygens (including phenoxy) is 1. The smallest absolute Gasteiger partial charge is 0.230 e. The molecule has 0 fully saturated rings. The van der Waals surface area contributed by atoms with Crippen LogP contribution in [0.2, 0.25) is 0 Å². The van der Waals surface area contributed by atoms with Gasteiger partial charge in [-0.1, -0.05) is 60.3 Å². The lowest BCUT2D eigenvalue weighted by Gasteiger charge is -2.10. The number of aromatic nitrogens is 3. The van der Waals surface area contributed by atoms with Crippen LogP contribution in [0.3, 0.4) is 0 Å². The normalized spacial score (nSPS) is 10.6. The molecular formula is C21H24N4O2S. The summed E-state index contributed by atoms with van der Waals surface area (Å²) in [5, 5.41) is 12.1. The van der Waals surface area contributed by atoms with Gasteiger partial charge in [-0.2, -0.15) is 0 Å². The van der Waals surface area contributed by atoms with Gasteiger partial charge < -0.3 is 14.6 Å². The number of carbonyl (C=O) groups excluding carboxylic acids is 1. The molecule has 3 rings (SSSR count). The highest BCUT2D eigenvalue weighted by atomic mass is 32.2. The summed E-state index contributed by atoms with van der Waals surface area (Å²) < 4.78 is 7.37. The number of hydrogen-bond donors (Lipinski definition) is 1. The zero-order valence-corrected chi connectivity index (χ0v) is 16.9. The first-order chi connectivity index (χ1) is 13.7. The van der Waals surface area contributed by atoms with E-state index in [1.807, 2.05) is 54.0 Å². The summed E-state index contributed by atoms with van der Waals surface area (Å²) in [5.41, 5.74) is 2.25. The first-order valence-corrected chi connectivity index (χ1v) is 10.1. The Morgan fingerprint density at radius 1 is 1.11 bits per heavy atom. The summed E-state index contributed by atoms with van der Waals surface area (Å²) in [5.74, 6) is 1.96. The average molecular weight is 397 g/mol. The van der Waals surface area contributed by atoms with Crippen molar-refractivity contribution in [3.05, 3.63) is 71.5 Å². The molecule has 146 valence electrons. The fourth-order valence-corrected chi connectivity index (χ4v) is 3.66. The molecule has 0 atom stereocenters. The molecule has 0 aliphatic heterocycles. The van der Waals surface area contributed by atoms with E-state index >= 15 is 0 Å². The number of thioether (sulfide) groups is 1. The lowest BCUT2D eigenvalue weighted by molar-refractivity contribution is -0.118. The molecule has 0 aliphatic rings. The lowest BCUT2D eigenvalue weighted by Crippen LogP contribution is -2.27. The highest BCUT2D eigenvalue weighted by Crippen LogP contribution is 2.19. The van der Waals surface area contributed by atoms with Gasteiger partial charge in [-0.15, -0.1) is 10.2 Å². The predicted molar refractivity (Wildman–Crippen MR) is 111 cm³/mol. The van der Waals surface area contributed by atoms with Gasteiger partial charge in [0.05, 0.1) is 19.4 Å². The molecule has 1 aromatic heterocycles. The largest absolute Gasteiger partial charge is 0.496 e. The lowest BCUT2D eigenvalue weighted by atomic mass is 10.1. The third kappa shape index (κ3) is 5.36. The van der Waals surface area contributed by atoms with Crippen molar-refractivity contribution in [1.29, 1.82) is 0 Å². The fourth-order valence-electron chi connectivity index (χ4n) is 2.84. The van der Waals surface area contributed by atoms with Crippen molar-refractivity contribution in [2.24, 2.45) is 0 Å². The van der Waals surface area contributed by atoms with Gasteiger partial charge >= 0.3 is 0 Å². The van der Waals surface area contributed by atoms with E-state index in [1.165, 1.54) is 17.3 Å². The molecule has 1 amide bonds. The van der Waals surface area contributed by atoms with Crippen LogP contribution in [-0.4, -0.2) is 40.1 Å². The van der Waals surface area contributed by atoms with E-state index in [1.54, 1.807) is 7.11 Å². The molecule has 0 unspecified atom stereocenters. The van der Waals surface area contributed by atoms with Crippen molar-refractivity contribution in [2.75, 3.05) is 19.4 Å². The number of methoxy groups -OCH3 is 1. The van der Waals surface area contributed by atoms with Crippen LogP contribution in [0.15, 0.2) is 59.8 Å². The highest BCUT2D eigenvalue weighted by molar-refractivity contribution is 7.99. The van der Waals surface area contributed by atoms with Crippen LogP contribution >= 0.6 is 11.8 Å². The van der Waals surface area contributed by atoms with Gasteiger partial charge in [-0.05, 0) is 30.5 Å². The molecule has 0 radical (unpaired) electrons. The molecule has 1 N–H and O–H groups in total. The second-order valence-corrected chi connectivity index (χ2v) is 7.24. The van der Waals surface area contributed by atoms with Gasteiger partial charge in [-0.3, -0.25) is 4.79 Å². The Bertz CT molecular complexity index is 912. The number of rotatable bonds is 9. The molecule has 0 saturated carbocycles. The molecule has 28 heavy (non-hydrogen) atoms. The van der Waals surface area contributed by atoms with E-state index in [2.05, 4.69) is 27.6 Å². The Morgan fingerprint density at radius 2 is 1.86 bits per heavy atom. The Balaban J connectivity index is 1.50. The molecule has 2 aromatic carbocycles. The van der Waals surface area contributed by atoms with E-state index in [4.69, 9.17) is 4.74 Å². The van der Waals surface area contributed by atoms with E-state index < -0.39 is 0 Å². The van der Waals surface area contributed by atoms with Gasteiger partial charge in [0.1, 0.15) is 11.6 Å². The predicted octanol–water partition coefficient (Wildman–Crippen LogP) is 3.09. The van der Waals surface area contributed by atoms with Crippen LogP contribution in [-0.2, 0) is 17.8 Å². The summed E-state index contributed by atoms with van der Waals surface area (Å²) >= 11 is 1.40. The molecule has 0 saturated heterocycles. The fraction of sp³-hybridized carbons (Fsp3) is 0.286. The van der Waals surface area contributed by atoms with E-state index in [0.29, 0.717) is 18.8 Å². The molecule has 7 heteroatoms. The molecule has 0 bridgehead atoms. The van der Waals surface area contributed by atoms with Crippen LogP contribution in [0, 0.1) is 6.92 Å². The molecule has 0 spiro atoms. The number of hydrogen-bond acceptors (Lipinski definition) is 5. The van der Waals surface area contributed by atoms with Gasteiger partial charge in [0.25, 0.3) is 0 Å². The summed E-state index contributed by atoms with van der Waals surface area (Å²) in [6, 6.07) is 18.0. The van der Waals surface area contributed by atoms with Crippen LogP contribution in [0.1, 0.15) is 17.0 Å². The molecule has 6 nitrogen and oxygen atoms in total. The standard InChI is InChI=1S/C21H24N4O2S/c1-16-23-24-21(25(16)14-17-8-4-3-5-9-17)28-15-20(26)22-13-12-18-10-6-7-11-19(18)27-2/h3-11H,12-15H2,1-2H3,(H,22,26). The van der Waals surface area contributed by atoms with Crippen LogP contribution in [0.4, 0.5) is 0 Å². The van der Waals surface area contributed by atoms with Gasteiger partial charge in [0, 0.05) is 6.54 Å². The minimum Gasteiger partial charge on any atom is -0.496 e. The minimum atomic E-state index is -0.0215. The number of para-hydroxylation sites is 1. The monoisotopic (exact) mass is 396 g/mol. The summed E-state index contributed by atoms with van der Waals surface area (Å²) in [4.78, 5) is 12.2. The highest BCUT2D eigenvalue weighted by Gasteiger charge is 2.12. The van der Waals surface area contributed by atoms with Crippen molar-refractivity contribution in [3.8, 4) is 5.75 Å². The summed E-state index contributed by atoms with van der Waals surface area (Å²) in [6.07, 6.45) is 0.726. The number of nitrogens with one attached hydrogen (secondary N) is 1. The zero-order chi connectivity index (χ0) is 19.8. The SMILES string of the molecule is COc1ccccc1CCNC(=O)CSc1nnc(C)n1Cc1ccccc1. The van der Waals surface area contributed by atoms with Crippen molar-refractivity contribution >= 4 is 17.7 Å². The Kier molecular flexibility index (Phi) is 7.08. The molecule has 1 heterocycles. The number of carbonyl (C=O) groups is 1. The van der Waals surface area contributed by atoms with Crippen molar-refractivity contribution in [3.63, 3.8) is 0 Å². The van der Waals surface area contributed by atoms with Crippen molar-refractivity contribution in [2.45, 2.75) is 25.0 Å². The summed E-state index contributed by atoms with van der Waals surface area (Å²) in [6.45, 7) is 3.18. The van der Waals surface area contributed by atoms with Gasteiger partial charge in [0.15, 0.2) is 5.16 Å². The third-order valence-electron chi connectivity index (χ3n) is 4.33. The topological polar surface area (TPSA) is 69.0 Å². The quantitative estimate of drug-likeness (QED) is 0.563. The minimum absolute atomic E-state index is 0.0215. The van der Waals surface area contributed by atoms with Crippen LogP contribution in [0.25, 0.3) is 0 Å². The van der Waals surface area contributed by atoms with Crippen molar-refractivity contribution in [1.82, 2.24) is 20.1 Å². The second kappa shape index (κ2) is 9.94. The van der Waals surface area contributed by atoms with Crippen LogP contribution in [0.5, 0.6) is 5.75 Å². The van der Waals surface area contributed by atoms with Crippen LogP contribution < -0.4 is 10.1 Å². The Hall–Kier alpha value is -2.80. The maximum atomic E-state index is 12.2. The summed E-state index contributed by atoms with van der Waals surface area (Å²) in [7, 11) is 1.65. The van der Waals surface area contributed by atoms with E-state index in [9.17, 15) is 4.79 Å². The van der Waals surface area contributed by atoms with Gasteiger partial charge in [-0.25, -0.2) is 0 Å². The molecule has 3 aromatic rings. The maximum Gasteiger partial charge on any atom is 0.230 e. The second-order valence-electron chi connectivity index (χ2n) is 6.30. The van der Waals surface area contributed by atoms with Crippen molar-refractivity contribution < 1.29 is 9.53 Å². The van der Waals surface area contributed by atoms with E-state index in [-0.39, 0.29) is 5.91 Å². The van der Waals surface area contributed by atoms with Gasteiger partial charge in [0.2, 0.25) is 5.91 Å². The first-order valence-electron chi connectivity index (χ1n) is 9.12. The number of amides is 1. The number of aryl methyl sites for hydroxylation is 1. The average Bonchev–Trinajstić information content (AvgIpc) is 3.07. The third-order valence-corrected chi connectivity index (χ3v) is 5.29. The zero-order valence-electron chi connectivity index (χ0n) is 16.1. The number of nitrogens with zero attached hydrogens (tertiary/aromatic N) is 3. The molecular weight excluding hydrogens is 372 g/mol. The number of benzene rings is 2. The maximum absolute atomic E-state index is 12.2. The Morgan fingerprint density at radius 3 is 2.64 bits per heavy atom.